The molecule has 3 saturated heterocycles. The molecule has 5 rings (SSSR count). The predicted molar refractivity (Wildman–Crippen MR) is 97.0 cm³/mol. The molecule has 1 unspecified atom stereocenters. The largest absolute Gasteiger partial charge is 0.465 e. The summed E-state index contributed by atoms with van der Waals surface area (Å²) >= 11 is 0. The Kier molecular flexibility index (Phi) is 4.74. The molecule has 3 heterocycles. The van der Waals surface area contributed by atoms with Crippen LogP contribution in [0.15, 0.2) is 24.3 Å². The maximum atomic E-state index is 13.3. The zero-order chi connectivity index (χ0) is 18.1. The molecule has 3 aliphatic heterocycles. The van der Waals surface area contributed by atoms with Gasteiger partial charge in [-0.2, -0.15) is 0 Å². The number of hydrogen-bond donors (Lipinski definition) is 0. The standard InChI is InChI=1S/C21H27NO4/c1-25-19(23)16-5-4-6-17(13-16)21(9-2-3-10-21)20(24)26-18-14-22-11-7-15(18)8-12-22/h4-6,13,15,18H,2-3,7-12,14H2,1H3. The van der Waals surface area contributed by atoms with Gasteiger partial charge >= 0.3 is 11.9 Å². The fraction of sp³-hybridized carbons (Fsp3) is 0.619. The van der Waals surface area contributed by atoms with Gasteiger partial charge in [0.05, 0.1) is 18.1 Å². The molecule has 1 aromatic rings. The number of carbonyl (C=O) groups is 2. The number of hydrogen-bond acceptors (Lipinski definition) is 5. The van der Waals surface area contributed by atoms with Gasteiger partial charge in [-0.15, -0.1) is 0 Å². The lowest BCUT2D eigenvalue weighted by Gasteiger charge is -2.45. The quantitative estimate of drug-likeness (QED) is 0.776. The highest BCUT2D eigenvalue weighted by Gasteiger charge is 2.47. The molecule has 4 aliphatic rings. The molecule has 0 aromatic heterocycles. The van der Waals surface area contributed by atoms with Gasteiger partial charge in [0.15, 0.2) is 0 Å². The summed E-state index contributed by atoms with van der Waals surface area (Å²) in [6, 6.07) is 7.34. The number of fused-ring (bicyclic) bond motifs is 3. The molecule has 26 heavy (non-hydrogen) atoms. The van der Waals surface area contributed by atoms with Crippen LogP contribution in [0.3, 0.4) is 0 Å². The van der Waals surface area contributed by atoms with E-state index < -0.39 is 5.41 Å². The number of rotatable bonds is 4. The third-order valence-electron chi connectivity index (χ3n) is 6.54. The highest BCUT2D eigenvalue weighted by Crippen LogP contribution is 2.43. The summed E-state index contributed by atoms with van der Waals surface area (Å²) < 4.78 is 10.9. The lowest BCUT2D eigenvalue weighted by Crippen LogP contribution is -2.53. The van der Waals surface area contributed by atoms with Crippen molar-refractivity contribution < 1.29 is 19.1 Å². The Hall–Kier alpha value is -1.88. The van der Waals surface area contributed by atoms with E-state index in [4.69, 9.17) is 9.47 Å². The van der Waals surface area contributed by atoms with Crippen LogP contribution in [0.25, 0.3) is 0 Å². The number of nitrogens with zero attached hydrogens (tertiary/aromatic N) is 1. The Labute approximate surface area is 154 Å². The Balaban J connectivity index is 1.58. The molecule has 1 aliphatic carbocycles. The van der Waals surface area contributed by atoms with Crippen molar-refractivity contribution in [2.75, 3.05) is 26.7 Å². The van der Waals surface area contributed by atoms with Gasteiger partial charge in [-0.05, 0) is 62.4 Å². The minimum absolute atomic E-state index is 0.0197. The van der Waals surface area contributed by atoms with E-state index in [-0.39, 0.29) is 18.0 Å². The second-order valence-electron chi connectivity index (χ2n) is 7.94. The first kappa shape index (κ1) is 17.5. The van der Waals surface area contributed by atoms with E-state index in [1.165, 1.54) is 7.11 Å². The zero-order valence-corrected chi connectivity index (χ0v) is 15.4. The molecular weight excluding hydrogens is 330 g/mol. The van der Waals surface area contributed by atoms with Gasteiger partial charge in [-0.25, -0.2) is 4.79 Å². The smallest absolute Gasteiger partial charge is 0.337 e. The number of esters is 2. The molecule has 5 heteroatoms. The minimum atomic E-state index is -0.615. The van der Waals surface area contributed by atoms with Gasteiger partial charge in [0.2, 0.25) is 0 Å². The van der Waals surface area contributed by atoms with Crippen molar-refractivity contribution in [3.8, 4) is 0 Å². The van der Waals surface area contributed by atoms with Crippen LogP contribution in [-0.2, 0) is 19.7 Å². The predicted octanol–water partition coefficient (Wildman–Crippen LogP) is 2.92. The minimum Gasteiger partial charge on any atom is -0.465 e. The molecular formula is C21H27NO4. The van der Waals surface area contributed by atoms with Crippen LogP contribution in [0.4, 0.5) is 0 Å². The molecule has 0 amide bonds. The van der Waals surface area contributed by atoms with Gasteiger partial charge in [0, 0.05) is 6.54 Å². The van der Waals surface area contributed by atoms with Crippen LogP contribution in [0, 0.1) is 5.92 Å². The number of piperidine rings is 3. The van der Waals surface area contributed by atoms with Crippen molar-refractivity contribution >= 4 is 11.9 Å². The van der Waals surface area contributed by atoms with Crippen LogP contribution >= 0.6 is 0 Å². The molecule has 1 saturated carbocycles. The Morgan fingerprint density at radius 2 is 1.88 bits per heavy atom. The molecule has 5 nitrogen and oxygen atoms in total. The van der Waals surface area contributed by atoms with Crippen molar-refractivity contribution in [1.29, 1.82) is 0 Å². The molecule has 2 bridgehead atoms. The average molecular weight is 357 g/mol. The van der Waals surface area contributed by atoms with Crippen molar-refractivity contribution in [3.63, 3.8) is 0 Å². The van der Waals surface area contributed by atoms with Crippen molar-refractivity contribution in [2.24, 2.45) is 5.92 Å². The monoisotopic (exact) mass is 357 g/mol. The maximum absolute atomic E-state index is 13.3. The fourth-order valence-electron chi connectivity index (χ4n) is 4.95. The van der Waals surface area contributed by atoms with Crippen molar-refractivity contribution in [3.05, 3.63) is 35.4 Å². The summed E-state index contributed by atoms with van der Waals surface area (Å²) in [5.74, 6) is 0.0327. The summed E-state index contributed by atoms with van der Waals surface area (Å²) in [5.41, 5.74) is 0.770. The summed E-state index contributed by atoms with van der Waals surface area (Å²) in [4.78, 5) is 27.6. The van der Waals surface area contributed by atoms with Gasteiger partial charge in [-0.1, -0.05) is 25.0 Å². The number of methoxy groups -OCH3 is 1. The highest BCUT2D eigenvalue weighted by molar-refractivity contribution is 5.91. The molecule has 140 valence electrons. The van der Waals surface area contributed by atoms with E-state index >= 15 is 0 Å². The van der Waals surface area contributed by atoms with Gasteiger partial charge in [0.1, 0.15) is 6.10 Å². The SMILES string of the molecule is COC(=O)c1cccc(C2(C(=O)OC3CN4CCC3CC4)CCCC2)c1. The van der Waals surface area contributed by atoms with Crippen LogP contribution < -0.4 is 0 Å². The normalized spacial score (nSPS) is 29.3. The Bertz CT molecular complexity index is 687. The Morgan fingerprint density at radius 3 is 2.50 bits per heavy atom. The lowest BCUT2D eigenvalue weighted by atomic mass is 9.78. The van der Waals surface area contributed by atoms with Crippen LogP contribution in [-0.4, -0.2) is 49.7 Å². The van der Waals surface area contributed by atoms with Crippen LogP contribution in [0.2, 0.25) is 0 Å². The van der Waals surface area contributed by atoms with E-state index in [0.717, 1.165) is 63.7 Å². The first-order valence-electron chi connectivity index (χ1n) is 9.75. The molecule has 0 N–H and O–H groups in total. The first-order chi connectivity index (χ1) is 12.6. The third kappa shape index (κ3) is 3.02. The summed E-state index contributed by atoms with van der Waals surface area (Å²) in [5, 5.41) is 0. The summed E-state index contributed by atoms with van der Waals surface area (Å²) in [7, 11) is 1.38. The second-order valence-corrected chi connectivity index (χ2v) is 7.94. The molecule has 0 spiro atoms. The number of ether oxygens (including phenoxy) is 2. The maximum Gasteiger partial charge on any atom is 0.337 e. The lowest BCUT2D eigenvalue weighted by molar-refractivity contribution is -0.165. The van der Waals surface area contributed by atoms with Crippen molar-refractivity contribution in [2.45, 2.75) is 50.0 Å². The zero-order valence-electron chi connectivity index (χ0n) is 15.4. The number of benzene rings is 1. The van der Waals surface area contributed by atoms with Gasteiger partial charge in [0.25, 0.3) is 0 Å². The van der Waals surface area contributed by atoms with E-state index in [1.54, 1.807) is 6.07 Å². The van der Waals surface area contributed by atoms with Crippen LogP contribution in [0.5, 0.6) is 0 Å². The van der Waals surface area contributed by atoms with E-state index in [0.29, 0.717) is 11.5 Å². The second kappa shape index (κ2) is 7.03. The van der Waals surface area contributed by atoms with E-state index in [2.05, 4.69) is 4.90 Å². The van der Waals surface area contributed by atoms with E-state index in [1.807, 2.05) is 18.2 Å². The first-order valence-corrected chi connectivity index (χ1v) is 9.75. The number of carbonyl (C=O) groups excluding carboxylic acids is 2. The van der Waals surface area contributed by atoms with Crippen LogP contribution in [0.1, 0.15) is 54.4 Å². The average Bonchev–Trinajstić information content (AvgIpc) is 3.20. The molecule has 4 fully saturated rings. The Morgan fingerprint density at radius 1 is 1.15 bits per heavy atom. The summed E-state index contributed by atoms with van der Waals surface area (Å²) in [6.45, 7) is 3.13. The van der Waals surface area contributed by atoms with Gasteiger partial charge < -0.3 is 9.47 Å². The molecule has 1 aromatic carbocycles. The topological polar surface area (TPSA) is 55.8 Å². The molecule has 1 atom stereocenters. The fourth-order valence-corrected chi connectivity index (χ4v) is 4.95. The van der Waals surface area contributed by atoms with Crippen molar-refractivity contribution in [1.82, 2.24) is 4.90 Å². The summed E-state index contributed by atoms with van der Waals surface area (Å²) in [6.07, 6.45) is 5.88. The molecule has 0 radical (unpaired) electrons. The third-order valence-corrected chi connectivity index (χ3v) is 6.54. The van der Waals surface area contributed by atoms with Gasteiger partial charge in [-0.3, -0.25) is 9.69 Å². The highest BCUT2D eigenvalue weighted by atomic mass is 16.5. The van der Waals surface area contributed by atoms with E-state index in [9.17, 15) is 9.59 Å².